The monoisotopic (exact) mass is 197 g/mol. The van der Waals surface area contributed by atoms with Gasteiger partial charge in [0.15, 0.2) is 0 Å². The first-order chi connectivity index (χ1) is 6.00. The van der Waals surface area contributed by atoms with Gasteiger partial charge in [-0.25, -0.2) is 0 Å². The molecule has 0 aromatic carbocycles. The summed E-state index contributed by atoms with van der Waals surface area (Å²) in [6, 6.07) is 3.59. The third-order valence-corrected chi connectivity index (χ3v) is 2.08. The molecule has 0 spiro atoms. The van der Waals surface area contributed by atoms with Crippen molar-refractivity contribution in [3.05, 3.63) is 28.0 Å². The van der Waals surface area contributed by atoms with Crippen molar-refractivity contribution in [3.63, 3.8) is 0 Å². The van der Waals surface area contributed by atoms with Gasteiger partial charge in [-0.05, 0) is 26.0 Å². The second-order valence-corrected chi connectivity index (χ2v) is 3.43. The first kappa shape index (κ1) is 9.92. The van der Waals surface area contributed by atoms with E-state index in [2.05, 4.69) is 0 Å². The van der Waals surface area contributed by atoms with Gasteiger partial charge >= 0.3 is 5.97 Å². The zero-order chi connectivity index (χ0) is 10.0. The Labute approximate surface area is 81.6 Å². The molecule has 0 radical (unpaired) electrons. The summed E-state index contributed by atoms with van der Waals surface area (Å²) >= 11 is 5.00. The molecule has 70 valence electrons. The van der Waals surface area contributed by atoms with Crippen molar-refractivity contribution in [1.82, 2.24) is 4.57 Å². The zero-order valence-corrected chi connectivity index (χ0v) is 8.39. The number of hydrogen-bond donors (Lipinski definition) is 1. The van der Waals surface area contributed by atoms with Crippen molar-refractivity contribution >= 4 is 18.2 Å². The minimum Gasteiger partial charge on any atom is -0.480 e. The molecule has 4 heteroatoms. The lowest BCUT2D eigenvalue weighted by atomic mass is 10.3. The molecule has 0 fully saturated rings. The molecule has 0 atom stereocenters. The zero-order valence-electron chi connectivity index (χ0n) is 7.57. The predicted molar refractivity (Wildman–Crippen MR) is 52.4 cm³/mol. The quantitative estimate of drug-likeness (QED) is 0.736. The number of aryl methyl sites for hydroxylation is 2. The van der Waals surface area contributed by atoms with E-state index in [4.69, 9.17) is 17.3 Å². The predicted octanol–water partition coefficient (Wildman–Crippen LogP) is 1.92. The van der Waals surface area contributed by atoms with E-state index in [-0.39, 0.29) is 6.54 Å². The number of nitrogens with zero attached hydrogens (tertiary/aromatic N) is 1. The standard InChI is InChI=1S/C9H11NO2S/c1-6-3-8(13)4-7(2)10(6)5-9(11)12/h3-4H,5H2,1-2H3,(H,11,12). The van der Waals surface area contributed by atoms with Gasteiger partial charge in [0.1, 0.15) is 6.54 Å². The molecule has 1 rings (SSSR count). The fraction of sp³-hybridized carbons (Fsp3) is 0.333. The van der Waals surface area contributed by atoms with Gasteiger partial charge in [-0.2, -0.15) is 0 Å². The molecule has 0 aliphatic carbocycles. The smallest absolute Gasteiger partial charge is 0.323 e. The van der Waals surface area contributed by atoms with Crippen LogP contribution in [-0.2, 0) is 11.3 Å². The molecule has 0 amide bonds. The Balaban J connectivity index is 3.20. The second kappa shape index (κ2) is 3.70. The summed E-state index contributed by atoms with van der Waals surface area (Å²) in [7, 11) is 0. The van der Waals surface area contributed by atoms with Gasteiger partial charge in [-0.3, -0.25) is 4.79 Å². The van der Waals surface area contributed by atoms with Crippen LogP contribution in [0, 0.1) is 18.4 Å². The SMILES string of the molecule is Cc1cc(=S)cc(C)n1CC(=O)O. The molecule has 0 saturated heterocycles. The van der Waals surface area contributed by atoms with Crippen LogP contribution in [0.4, 0.5) is 0 Å². The van der Waals surface area contributed by atoms with Crippen molar-refractivity contribution in [2.45, 2.75) is 20.4 Å². The fourth-order valence-corrected chi connectivity index (χ4v) is 1.61. The van der Waals surface area contributed by atoms with E-state index in [1.54, 1.807) is 16.7 Å². The molecule has 1 aromatic heterocycles. The first-order valence-corrected chi connectivity index (χ1v) is 4.31. The molecule has 13 heavy (non-hydrogen) atoms. The van der Waals surface area contributed by atoms with Crippen LogP contribution in [0.25, 0.3) is 0 Å². The topological polar surface area (TPSA) is 42.2 Å². The van der Waals surface area contributed by atoms with Crippen molar-refractivity contribution < 1.29 is 9.90 Å². The number of pyridine rings is 1. The first-order valence-electron chi connectivity index (χ1n) is 3.90. The van der Waals surface area contributed by atoms with Crippen LogP contribution in [0.1, 0.15) is 11.4 Å². The van der Waals surface area contributed by atoms with Crippen LogP contribution in [-0.4, -0.2) is 15.6 Å². The number of rotatable bonds is 2. The summed E-state index contributed by atoms with van der Waals surface area (Å²) in [6.07, 6.45) is 0. The summed E-state index contributed by atoms with van der Waals surface area (Å²) in [6.45, 7) is 3.70. The normalized spacial score (nSPS) is 10.0. The Kier molecular flexibility index (Phi) is 2.83. The average molecular weight is 197 g/mol. The van der Waals surface area contributed by atoms with Crippen LogP contribution in [0.3, 0.4) is 0 Å². The van der Waals surface area contributed by atoms with E-state index in [1.165, 1.54) is 0 Å². The fourth-order valence-electron chi connectivity index (χ4n) is 1.27. The van der Waals surface area contributed by atoms with Gasteiger partial charge in [0.25, 0.3) is 0 Å². The Morgan fingerprint density at radius 3 is 2.31 bits per heavy atom. The Morgan fingerprint density at radius 2 is 1.92 bits per heavy atom. The maximum absolute atomic E-state index is 10.5. The third kappa shape index (κ3) is 2.39. The van der Waals surface area contributed by atoms with Crippen LogP contribution in [0.5, 0.6) is 0 Å². The highest BCUT2D eigenvalue weighted by Crippen LogP contribution is 2.06. The second-order valence-electron chi connectivity index (χ2n) is 2.95. The van der Waals surface area contributed by atoms with Crippen LogP contribution >= 0.6 is 12.2 Å². The maximum Gasteiger partial charge on any atom is 0.323 e. The molecular weight excluding hydrogens is 186 g/mol. The lowest BCUT2D eigenvalue weighted by Crippen LogP contribution is -2.14. The molecule has 0 saturated carbocycles. The average Bonchev–Trinajstić information content (AvgIpc) is 1.96. The third-order valence-electron chi connectivity index (χ3n) is 1.85. The number of aromatic nitrogens is 1. The highest BCUT2D eigenvalue weighted by atomic mass is 32.1. The summed E-state index contributed by atoms with van der Waals surface area (Å²) < 4.78 is 2.47. The molecule has 1 aromatic rings. The number of carboxylic acid groups (broad SMARTS) is 1. The highest BCUT2D eigenvalue weighted by Gasteiger charge is 2.03. The maximum atomic E-state index is 10.5. The molecule has 0 bridgehead atoms. The largest absolute Gasteiger partial charge is 0.480 e. The summed E-state index contributed by atoms with van der Waals surface area (Å²) in [5.41, 5.74) is 1.76. The van der Waals surface area contributed by atoms with Crippen molar-refractivity contribution in [3.8, 4) is 0 Å². The van der Waals surface area contributed by atoms with Crippen LogP contribution in [0.2, 0.25) is 0 Å². The Morgan fingerprint density at radius 1 is 1.46 bits per heavy atom. The molecule has 3 nitrogen and oxygen atoms in total. The van der Waals surface area contributed by atoms with Gasteiger partial charge in [0, 0.05) is 15.9 Å². The number of hydrogen-bond acceptors (Lipinski definition) is 2. The van der Waals surface area contributed by atoms with E-state index >= 15 is 0 Å². The van der Waals surface area contributed by atoms with E-state index < -0.39 is 5.97 Å². The lowest BCUT2D eigenvalue weighted by Gasteiger charge is -2.11. The molecule has 0 unspecified atom stereocenters. The van der Waals surface area contributed by atoms with E-state index in [9.17, 15) is 4.79 Å². The molecular formula is C9H11NO2S. The minimum atomic E-state index is -0.840. The van der Waals surface area contributed by atoms with Crippen LogP contribution in [0.15, 0.2) is 12.1 Å². The van der Waals surface area contributed by atoms with E-state index in [1.807, 2.05) is 13.8 Å². The lowest BCUT2D eigenvalue weighted by molar-refractivity contribution is -0.137. The molecule has 0 aliphatic rings. The van der Waals surface area contributed by atoms with Gasteiger partial charge in [-0.15, -0.1) is 0 Å². The summed E-state index contributed by atoms with van der Waals surface area (Å²) in [4.78, 5) is 10.5. The molecule has 1 heterocycles. The van der Waals surface area contributed by atoms with Gasteiger partial charge in [0.2, 0.25) is 0 Å². The van der Waals surface area contributed by atoms with Crippen LogP contribution < -0.4 is 0 Å². The number of carboxylic acids is 1. The number of carbonyl (C=O) groups is 1. The Hall–Kier alpha value is -1.16. The highest BCUT2D eigenvalue weighted by molar-refractivity contribution is 7.71. The van der Waals surface area contributed by atoms with Gasteiger partial charge in [-0.1, -0.05) is 12.2 Å². The Bertz CT molecular complexity index is 369. The molecule has 0 aliphatic heterocycles. The summed E-state index contributed by atoms with van der Waals surface area (Å²) in [5, 5.41) is 8.64. The van der Waals surface area contributed by atoms with Crippen molar-refractivity contribution in [1.29, 1.82) is 0 Å². The van der Waals surface area contributed by atoms with E-state index in [0.717, 1.165) is 15.9 Å². The number of aliphatic carboxylic acids is 1. The van der Waals surface area contributed by atoms with Gasteiger partial charge < -0.3 is 9.67 Å². The van der Waals surface area contributed by atoms with Crippen molar-refractivity contribution in [2.75, 3.05) is 0 Å². The van der Waals surface area contributed by atoms with Gasteiger partial charge in [0.05, 0.1) is 0 Å². The van der Waals surface area contributed by atoms with Crippen molar-refractivity contribution in [2.24, 2.45) is 0 Å². The summed E-state index contributed by atoms with van der Waals surface area (Å²) in [5.74, 6) is -0.840. The minimum absolute atomic E-state index is 0.00667. The molecule has 1 N–H and O–H groups in total. The van der Waals surface area contributed by atoms with E-state index in [0.29, 0.717) is 0 Å².